The molecule has 1 N–H and O–H groups in total. The van der Waals surface area contributed by atoms with Gasteiger partial charge in [-0.05, 0) is 53.9 Å². The Morgan fingerprint density at radius 2 is 1.95 bits per heavy atom. The van der Waals surface area contributed by atoms with Crippen molar-refractivity contribution in [1.29, 1.82) is 0 Å². The second-order valence-electron chi connectivity index (χ2n) is 5.67. The van der Waals surface area contributed by atoms with Gasteiger partial charge in [-0.3, -0.25) is 0 Å². The van der Waals surface area contributed by atoms with Gasteiger partial charge < -0.3 is 10.2 Å². The predicted octanol–water partition coefficient (Wildman–Crippen LogP) is 4.37. The van der Waals surface area contributed by atoms with Gasteiger partial charge in [0.15, 0.2) is 0 Å². The second kappa shape index (κ2) is 7.91. The molecule has 106 valence electrons. The molecule has 3 heteroatoms. The summed E-state index contributed by atoms with van der Waals surface area (Å²) in [7, 11) is 2.25. The van der Waals surface area contributed by atoms with Crippen LogP contribution in [0.2, 0.25) is 0 Å². The molecule has 0 aromatic heterocycles. The van der Waals surface area contributed by atoms with E-state index < -0.39 is 0 Å². The van der Waals surface area contributed by atoms with E-state index in [1.807, 2.05) is 6.07 Å². The number of hydrogen-bond acceptors (Lipinski definition) is 2. The van der Waals surface area contributed by atoms with Gasteiger partial charge in [-0.15, -0.1) is 0 Å². The van der Waals surface area contributed by atoms with Crippen LogP contribution in [-0.4, -0.2) is 31.6 Å². The smallest absolute Gasteiger partial charge is 0.0485 e. The summed E-state index contributed by atoms with van der Waals surface area (Å²) in [6, 6.07) is 8.31. The van der Waals surface area contributed by atoms with Gasteiger partial charge >= 0.3 is 0 Å². The second-order valence-corrected chi connectivity index (χ2v) is 6.53. The fourth-order valence-electron chi connectivity index (χ4n) is 2.89. The third kappa shape index (κ3) is 5.15. The molecule has 1 saturated carbocycles. The monoisotopic (exact) mass is 324 g/mol. The summed E-state index contributed by atoms with van der Waals surface area (Å²) >= 11 is 3.57. The van der Waals surface area contributed by atoms with Gasteiger partial charge in [0.05, 0.1) is 0 Å². The molecular formula is C16H25BrN2. The van der Waals surface area contributed by atoms with E-state index in [1.165, 1.54) is 44.3 Å². The molecule has 0 aliphatic heterocycles. The van der Waals surface area contributed by atoms with Crippen molar-refractivity contribution in [3.05, 3.63) is 28.7 Å². The van der Waals surface area contributed by atoms with Crippen LogP contribution in [0.1, 0.15) is 32.1 Å². The van der Waals surface area contributed by atoms with E-state index >= 15 is 0 Å². The highest BCUT2D eigenvalue weighted by Crippen LogP contribution is 2.24. The van der Waals surface area contributed by atoms with E-state index in [0.717, 1.165) is 23.5 Å². The lowest BCUT2D eigenvalue weighted by atomic mass is 9.89. The molecular weight excluding hydrogens is 300 g/mol. The highest BCUT2D eigenvalue weighted by molar-refractivity contribution is 9.10. The van der Waals surface area contributed by atoms with Crippen LogP contribution in [0.4, 0.5) is 5.69 Å². The first kappa shape index (κ1) is 14.9. The molecule has 2 nitrogen and oxygen atoms in total. The predicted molar refractivity (Wildman–Crippen MR) is 86.7 cm³/mol. The average molecular weight is 325 g/mol. The van der Waals surface area contributed by atoms with Crippen molar-refractivity contribution in [2.24, 2.45) is 5.92 Å². The van der Waals surface area contributed by atoms with Gasteiger partial charge in [0.25, 0.3) is 0 Å². The molecule has 0 amide bonds. The molecule has 0 bridgehead atoms. The first-order chi connectivity index (χ1) is 9.25. The van der Waals surface area contributed by atoms with E-state index in [-0.39, 0.29) is 0 Å². The lowest BCUT2D eigenvalue weighted by molar-refractivity contribution is 0.239. The maximum absolute atomic E-state index is 3.57. The summed E-state index contributed by atoms with van der Waals surface area (Å²) in [5.74, 6) is 0.933. The molecule has 0 radical (unpaired) electrons. The summed E-state index contributed by atoms with van der Waals surface area (Å²) in [6.45, 7) is 3.38. The average Bonchev–Trinajstić information content (AvgIpc) is 2.42. The van der Waals surface area contributed by atoms with Crippen LogP contribution in [0.5, 0.6) is 0 Å². The minimum atomic E-state index is 0.933. The number of nitrogens with zero attached hydrogens (tertiary/aromatic N) is 1. The number of hydrogen-bond donors (Lipinski definition) is 1. The van der Waals surface area contributed by atoms with Gasteiger partial charge in [0.2, 0.25) is 0 Å². The van der Waals surface area contributed by atoms with Crippen molar-refractivity contribution in [2.45, 2.75) is 32.1 Å². The standard InChI is InChI=1S/C16H25BrN2/c1-19(13-14-7-3-2-4-8-14)12-11-18-16-10-6-5-9-15(16)17/h5-6,9-10,14,18H,2-4,7-8,11-13H2,1H3. The molecule has 0 unspecified atom stereocenters. The summed E-state index contributed by atoms with van der Waals surface area (Å²) in [6.07, 6.45) is 7.19. The fourth-order valence-corrected chi connectivity index (χ4v) is 3.31. The third-order valence-corrected chi connectivity index (χ3v) is 4.67. The summed E-state index contributed by atoms with van der Waals surface area (Å²) in [5.41, 5.74) is 1.19. The molecule has 0 atom stereocenters. The van der Waals surface area contributed by atoms with Crippen molar-refractivity contribution in [2.75, 3.05) is 32.0 Å². The quantitative estimate of drug-likeness (QED) is 0.835. The fraction of sp³-hybridized carbons (Fsp3) is 0.625. The third-order valence-electron chi connectivity index (χ3n) is 3.98. The van der Waals surface area contributed by atoms with Crippen LogP contribution < -0.4 is 5.32 Å². The van der Waals surface area contributed by atoms with Crippen LogP contribution >= 0.6 is 15.9 Å². The van der Waals surface area contributed by atoms with Crippen molar-refractivity contribution in [3.63, 3.8) is 0 Å². The molecule has 1 aromatic rings. The Balaban J connectivity index is 1.66. The van der Waals surface area contributed by atoms with Crippen LogP contribution in [0.3, 0.4) is 0 Å². The van der Waals surface area contributed by atoms with E-state index in [4.69, 9.17) is 0 Å². The molecule has 19 heavy (non-hydrogen) atoms. The summed E-state index contributed by atoms with van der Waals surface area (Å²) < 4.78 is 1.14. The highest BCUT2D eigenvalue weighted by atomic mass is 79.9. The Kier molecular flexibility index (Phi) is 6.18. The SMILES string of the molecule is CN(CCNc1ccccc1Br)CC1CCCCC1. The van der Waals surface area contributed by atoms with Crippen LogP contribution in [0.25, 0.3) is 0 Å². The van der Waals surface area contributed by atoms with E-state index in [0.29, 0.717) is 0 Å². The van der Waals surface area contributed by atoms with Gasteiger partial charge in [0.1, 0.15) is 0 Å². The van der Waals surface area contributed by atoms with Gasteiger partial charge in [-0.25, -0.2) is 0 Å². The van der Waals surface area contributed by atoms with Crippen LogP contribution in [0, 0.1) is 5.92 Å². The molecule has 0 spiro atoms. The van der Waals surface area contributed by atoms with E-state index in [9.17, 15) is 0 Å². The Morgan fingerprint density at radius 1 is 1.21 bits per heavy atom. The zero-order chi connectivity index (χ0) is 13.5. The van der Waals surface area contributed by atoms with Crippen molar-refractivity contribution in [3.8, 4) is 0 Å². The topological polar surface area (TPSA) is 15.3 Å². The zero-order valence-corrected chi connectivity index (χ0v) is 13.5. The lowest BCUT2D eigenvalue weighted by Gasteiger charge is -2.27. The van der Waals surface area contributed by atoms with Crippen LogP contribution in [0.15, 0.2) is 28.7 Å². The molecule has 1 aromatic carbocycles. The minimum Gasteiger partial charge on any atom is -0.383 e. The normalized spacial score (nSPS) is 16.8. The molecule has 1 fully saturated rings. The minimum absolute atomic E-state index is 0.933. The number of para-hydroxylation sites is 1. The maximum Gasteiger partial charge on any atom is 0.0485 e. The van der Waals surface area contributed by atoms with Gasteiger partial charge in [0, 0.05) is 29.8 Å². The Morgan fingerprint density at radius 3 is 2.68 bits per heavy atom. The van der Waals surface area contributed by atoms with Crippen molar-refractivity contribution >= 4 is 21.6 Å². The first-order valence-corrected chi connectivity index (χ1v) is 8.22. The van der Waals surface area contributed by atoms with Crippen molar-refractivity contribution < 1.29 is 0 Å². The number of rotatable bonds is 6. The lowest BCUT2D eigenvalue weighted by Crippen LogP contribution is -2.31. The zero-order valence-electron chi connectivity index (χ0n) is 11.9. The molecule has 1 aliphatic carbocycles. The number of anilines is 1. The first-order valence-electron chi connectivity index (χ1n) is 7.42. The molecule has 0 saturated heterocycles. The maximum atomic E-state index is 3.57. The van der Waals surface area contributed by atoms with E-state index in [2.05, 4.69) is 51.4 Å². The molecule has 1 aliphatic rings. The number of likely N-dealkylation sites (N-methyl/N-ethyl adjacent to an activating group) is 1. The van der Waals surface area contributed by atoms with E-state index in [1.54, 1.807) is 0 Å². The number of nitrogens with one attached hydrogen (secondary N) is 1. The molecule has 0 heterocycles. The van der Waals surface area contributed by atoms with Gasteiger partial charge in [-0.1, -0.05) is 31.4 Å². The summed E-state index contributed by atoms with van der Waals surface area (Å²) in [4.78, 5) is 2.47. The largest absolute Gasteiger partial charge is 0.383 e. The Labute approximate surface area is 125 Å². The number of benzene rings is 1. The van der Waals surface area contributed by atoms with Crippen LogP contribution in [-0.2, 0) is 0 Å². The Bertz CT molecular complexity index is 375. The highest BCUT2D eigenvalue weighted by Gasteiger charge is 2.14. The molecule has 2 rings (SSSR count). The van der Waals surface area contributed by atoms with Crippen molar-refractivity contribution in [1.82, 2.24) is 4.90 Å². The summed E-state index contributed by atoms with van der Waals surface area (Å²) in [5, 5.41) is 3.49. The Hall–Kier alpha value is -0.540. The number of halogens is 1. The van der Waals surface area contributed by atoms with Gasteiger partial charge in [-0.2, -0.15) is 0 Å².